The van der Waals surface area contributed by atoms with Gasteiger partial charge in [-0.15, -0.1) is 0 Å². The summed E-state index contributed by atoms with van der Waals surface area (Å²) >= 11 is 0. The van der Waals surface area contributed by atoms with Gasteiger partial charge in [0.15, 0.2) is 12.2 Å². The Hall–Kier alpha value is -3.09. The van der Waals surface area contributed by atoms with Crippen LogP contribution in [0.15, 0.2) is 59.0 Å². The number of oxazole rings is 1. The standard InChI is InChI=1S/C18H12F3NO3/c19-18(20,21)13-5-3-4-12(10-13)8-9-17(23)24-11-16-22-14-6-1-2-7-15(14)25-16/h1-10H,11H2/b9-8+. The van der Waals surface area contributed by atoms with Gasteiger partial charge < -0.3 is 9.15 Å². The summed E-state index contributed by atoms with van der Waals surface area (Å²) in [6.45, 7) is -0.166. The van der Waals surface area contributed by atoms with E-state index in [2.05, 4.69) is 4.98 Å². The molecule has 0 aliphatic carbocycles. The highest BCUT2D eigenvalue weighted by atomic mass is 19.4. The summed E-state index contributed by atoms with van der Waals surface area (Å²) in [5.41, 5.74) is 0.684. The lowest BCUT2D eigenvalue weighted by Crippen LogP contribution is -2.04. The highest BCUT2D eigenvalue weighted by Crippen LogP contribution is 2.29. The molecule has 0 radical (unpaired) electrons. The van der Waals surface area contributed by atoms with Crippen molar-refractivity contribution in [2.45, 2.75) is 12.8 Å². The summed E-state index contributed by atoms with van der Waals surface area (Å²) in [5.74, 6) is -0.471. The first kappa shape index (κ1) is 16.8. The fourth-order valence-corrected chi connectivity index (χ4v) is 2.15. The van der Waals surface area contributed by atoms with Crippen LogP contribution in [-0.4, -0.2) is 11.0 Å². The van der Waals surface area contributed by atoms with Gasteiger partial charge in [0, 0.05) is 6.08 Å². The summed E-state index contributed by atoms with van der Waals surface area (Å²) < 4.78 is 48.3. The second-order valence-electron chi connectivity index (χ2n) is 5.14. The normalized spacial score (nSPS) is 12.0. The van der Waals surface area contributed by atoms with Crippen LogP contribution < -0.4 is 0 Å². The molecule has 0 fully saturated rings. The molecule has 0 bridgehead atoms. The summed E-state index contributed by atoms with van der Waals surface area (Å²) in [6.07, 6.45) is -2.13. The number of esters is 1. The third-order valence-electron chi connectivity index (χ3n) is 3.30. The average Bonchev–Trinajstić information content (AvgIpc) is 3.00. The largest absolute Gasteiger partial charge is 0.453 e. The number of para-hydroxylation sites is 2. The van der Waals surface area contributed by atoms with Gasteiger partial charge in [-0.3, -0.25) is 0 Å². The molecule has 1 heterocycles. The van der Waals surface area contributed by atoms with Crippen LogP contribution in [0.4, 0.5) is 13.2 Å². The Bertz CT molecular complexity index is 895. The van der Waals surface area contributed by atoms with Gasteiger partial charge in [-0.25, -0.2) is 9.78 Å². The van der Waals surface area contributed by atoms with Crippen molar-refractivity contribution >= 4 is 23.1 Å². The number of hydrogen-bond acceptors (Lipinski definition) is 4. The lowest BCUT2D eigenvalue weighted by atomic mass is 10.1. The molecule has 2 aromatic carbocycles. The molecule has 0 amide bonds. The van der Waals surface area contributed by atoms with Crippen molar-refractivity contribution in [2.75, 3.05) is 0 Å². The minimum Gasteiger partial charge on any atom is -0.453 e. The van der Waals surface area contributed by atoms with Crippen molar-refractivity contribution < 1.29 is 27.1 Å². The van der Waals surface area contributed by atoms with Gasteiger partial charge >= 0.3 is 12.1 Å². The van der Waals surface area contributed by atoms with Gasteiger partial charge in [-0.2, -0.15) is 13.2 Å². The zero-order valence-corrected chi connectivity index (χ0v) is 12.8. The molecule has 0 N–H and O–H groups in total. The highest BCUT2D eigenvalue weighted by Gasteiger charge is 2.30. The number of halogens is 3. The minimum atomic E-state index is -4.43. The molecule has 128 valence electrons. The van der Waals surface area contributed by atoms with Crippen LogP contribution in [0.25, 0.3) is 17.2 Å². The van der Waals surface area contributed by atoms with Crippen LogP contribution in [0.5, 0.6) is 0 Å². The van der Waals surface area contributed by atoms with E-state index in [1.807, 2.05) is 0 Å². The smallest absolute Gasteiger partial charge is 0.416 e. The maximum atomic E-state index is 12.6. The number of benzene rings is 2. The zero-order chi connectivity index (χ0) is 17.9. The summed E-state index contributed by atoms with van der Waals surface area (Å²) in [7, 11) is 0. The topological polar surface area (TPSA) is 52.3 Å². The van der Waals surface area contributed by atoms with Gasteiger partial charge in [0.25, 0.3) is 0 Å². The maximum absolute atomic E-state index is 12.6. The lowest BCUT2D eigenvalue weighted by Gasteiger charge is -2.06. The SMILES string of the molecule is O=C(/C=C/c1cccc(C(F)(F)F)c1)OCc1nc2ccccc2o1. The molecule has 25 heavy (non-hydrogen) atoms. The average molecular weight is 347 g/mol. The molecule has 0 aliphatic rings. The minimum absolute atomic E-state index is 0.166. The van der Waals surface area contributed by atoms with Crippen LogP contribution in [0.3, 0.4) is 0 Å². The van der Waals surface area contributed by atoms with E-state index in [0.29, 0.717) is 11.1 Å². The molecule has 3 rings (SSSR count). The van der Waals surface area contributed by atoms with E-state index in [0.717, 1.165) is 18.2 Å². The molecule has 0 unspecified atom stereocenters. The highest BCUT2D eigenvalue weighted by molar-refractivity contribution is 5.87. The molecule has 0 saturated heterocycles. The third kappa shape index (κ3) is 4.26. The molecule has 0 saturated carbocycles. The predicted octanol–water partition coefficient (Wildman–Crippen LogP) is 4.60. The predicted molar refractivity (Wildman–Crippen MR) is 84.3 cm³/mol. The van der Waals surface area contributed by atoms with E-state index in [1.54, 1.807) is 24.3 Å². The van der Waals surface area contributed by atoms with Gasteiger partial charge in [0.05, 0.1) is 5.56 Å². The second-order valence-corrected chi connectivity index (χ2v) is 5.14. The van der Waals surface area contributed by atoms with E-state index in [9.17, 15) is 18.0 Å². The number of hydrogen-bond donors (Lipinski definition) is 0. The first-order chi connectivity index (χ1) is 11.9. The lowest BCUT2D eigenvalue weighted by molar-refractivity contribution is -0.139. The third-order valence-corrected chi connectivity index (χ3v) is 3.30. The molecule has 1 aromatic heterocycles. The van der Waals surface area contributed by atoms with Crippen molar-refractivity contribution in [3.8, 4) is 0 Å². The van der Waals surface area contributed by atoms with E-state index in [-0.39, 0.29) is 18.1 Å². The number of carbonyl (C=O) groups excluding carboxylic acids is 1. The van der Waals surface area contributed by atoms with Gasteiger partial charge in [-0.05, 0) is 35.9 Å². The summed E-state index contributed by atoms with van der Waals surface area (Å²) in [5, 5.41) is 0. The monoisotopic (exact) mass is 347 g/mol. The first-order valence-electron chi connectivity index (χ1n) is 7.28. The molecule has 0 spiro atoms. The quantitative estimate of drug-likeness (QED) is 0.511. The van der Waals surface area contributed by atoms with Crippen LogP contribution in [0.1, 0.15) is 17.0 Å². The Morgan fingerprint density at radius 3 is 2.72 bits per heavy atom. The maximum Gasteiger partial charge on any atom is 0.416 e. The van der Waals surface area contributed by atoms with E-state index >= 15 is 0 Å². The van der Waals surface area contributed by atoms with Crippen molar-refractivity contribution in [1.82, 2.24) is 4.98 Å². The van der Waals surface area contributed by atoms with Crippen LogP contribution in [-0.2, 0) is 22.3 Å². The number of rotatable bonds is 4. The van der Waals surface area contributed by atoms with Crippen LogP contribution in [0, 0.1) is 0 Å². The fourth-order valence-electron chi connectivity index (χ4n) is 2.15. The van der Waals surface area contributed by atoms with Crippen LogP contribution in [0.2, 0.25) is 0 Å². The number of aromatic nitrogens is 1. The van der Waals surface area contributed by atoms with E-state index < -0.39 is 17.7 Å². The Kier molecular flexibility index (Phi) is 4.56. The van der Waals surface area contributed by atoms with Gasteiger partial charge in [0.2, 0.25) is 5.89 Å². The molecule has 7 heteroatoms. The molecule has 3 aromatic rings. The number of nitrogens with zero attached hydrogens (tertiary/aromatic N) is 1. The van der Waals surface area contributed by atoms with Gasteiger partial charge in [-0.1, -0.05) is 24.3 Å². The van der Waals surface area contributed by atoms with E-state index in [4.69, 9.17) is 9.15 Å². The van der Waals surface area contributed by atoms with E-state index in [1.165, 1.54) is 18.2 Å². The second kappa shape index (κ2) is 6.80. The van der Waals surface area contributed by atoms with Crippen molar-refractivity contribution in [1.29, 1.82) is 0 Å². The Labute approximate surface area is 140 Å². The number of carbonyl (C=O) groups is 1. The summed E-state index contributed by atoms with van der Waals surface area (Å²) in [6, 6.07) is 11.7. The summed E-state index contributed by atoms with van der Waals surface area (Å²) in [4.78, 5) is 15.8. The van der Waals surface area contributed by atoms with Crippen LogP contribution >= 0.6 is 0 Å². The Morgan fingerprint density at radius 2 is 1.96 bits per heavy atom. The molecule has 0 aliphatic heterocycles. The number of fused-ring (bicyclic) bond motifs is 1. The molecular weight excluding hydrogens is 335 g/mol. The Balaban J connectivity index is 1.61. The Morgan fingerprint density at radius 1 is 1.16 bits per heavy atom. The van der Waals surface area contributed by atoms with Crippen molar-refractivity contribution in [3.63, 3.8) is 0 Å². The zero-order valence-electron chi connectivity index (χ0n) is 12.8. The molecular formula is C18H12F3NO3. The number of ether oxygens (including phenoxy) is 1. The van der Waals surface area contributed by atoms with Crippen molar-refractivity contribution in [3.05, 3.63) is 71.6 Å². The molecule has 4 nitrogen and oxygen atoms in total. The first-order valence-corrected chi connectivity index (χ1v) is 7.28. The van der Waals surface area contributed by atoms with Gasteiger partial charge in [0.1, 0.15) is 5.52 Å². The number of alkyl halides is 3. The molecule has 0 atom stereocenters. The van der Waals surface area contributed by atoms with Crippen molar-refractivity contribution in [2.24, 2.45) is 0 Å². The fraction of sp³-hybridized carbons (Fsp3) is 0.111.